The van der Waals surface area contributed by atoms with Crippen LogP contribution in [0.2, 0.25) is 0 Å². The molecule has 0 amide bonds. The van der Waals surface area contributed by atoms with Crippen molar-refractivity contribution in [2.75, 3.05) is 4.90 Å². The van der Waals surface area contributed by atoms with Crippen LogP contribution in [0, 0.1) is 0 Å². The first-order chi connectivity index (χ1) is 24.8. The summed E-state index contributed by atoms with van der Waals surface area (Å²) in [7, 11) is 0. The zero-order valence-electron chi connectivity index (χ0n) is 27.6. The number of rotatable bonds is 7. The van der Waals surface area contributed by atoms with Gasteiger partial charge < -0.3 is 4.90 Å². The van der Waals surface area contributed by atoms with Crippen LogP contribution in [0.5, 0.6) is 0 Å². The van der Waals surface area contributed by atoms with Crippen LogP contribution in [0.4, 0.5) is 11.4 Å². The van der Waals surface area contributed by atoms with Gasteiger partial charge in [-0.1, -0.05) is 170 Å². The molecule has 0 bridgehead atoms. The largest absolute Gasteiger partial charge is 0.326 e. The van der Waals surface area contributed by atoms with E-state index in [2.05, 4.69) is 205 Å². The van der Waals surface area contributed by atoms with Gasteiger partial charge in [-0.3, -0.25) is 0 Å². The molecular weight excluding hydrogens is 623 g/mol. The summed E-state index contributed by atoms with van der Waals surface area (Å²) in [5.74, 6) is 0. The highest BCUT2D eigenvalue weighted by atomic mass is 32.1. The van der Waals surface area contributed by atoms with E-state index in [4.69, 9.17) is 0 Å². The minimum atomic E-state index is -0.603. The molecule has 1 atom stereocenters. The smallest absolute Gasteiger partial charge is 0.100 e. The molecule has 9 rings (SSSR count). The van der Waals surface area contributed by atoms with Crippen molar-refractivity contribution in [1.82, 2.24) is 0 Å². The Bertz CT molecular complexity index is 2490. The minimum absolute atomic E-state index is 0.603. The molecule has 1 aliphatic rings. The van der Waals surface area contributed by atoms with Crippen molar-refractivity contribution < 1.29 is 0 Å². The number of thiophene rings is 1. The number of hydrogen-bond acceptors (Lipinski definition) is 2. The normalized spacial score (nSPS) is 15.6. The summed E-state index contributed by atoms with van der Waals surface area (Å²) in [5, 5.41) is 2.58. The van der Waals surface area contributed by atoms with Gasteiger partial charge in [0.1, 0.15) is 5.54 Å². The van der Waals surface area contributed by atoms with Gasteiger partial charge in [-0.15, -0.1) is 11.3 Å². The fourth-order valence-electron chi connectivity index (χ4n) is 7.84. The van der Waals surface area contributed by atoms with Crippen LogP contribution >= 0.6 is 11.3 Å². The van der Waals surface area contributed by atoms with Crippen molar-refractivity contribution in [3.63, 3.8) is 0 Å². The van der Waals surface area contributed by atoms with Gasteiger partial charge in [-0.05, 0) is 75.7 Å². The number of fused-ring (bicyclic) bond motifs is 3. The average molecular weight is 658 g/mol. The van der Waals surface area contributed by atoms with Gasteiger partial charge in [0.25, 0.3) is 0 Å². The van der Waals surface area contributed by atoms with E-state index >= 15 is 0 Å². The highest BCUT2D eigenvalue weighted by Crippen LogP contribution is 2.56. The van der Waals surface area contributed by atoms with Crippen LogP contribution in [0.15, 0.2) is 200 Å². The Kier molecular flexibility index (Phi) is 7.72. The van der Waals surface area contributed by atoms with E-state index in [-0.39, 0.29) is 0 Å². The van der Waals surface area contributed by atoms with Gasteiger partial charge in [0, 0.05) is 25.9 Å². The quantitative estimate of drug-likeness (QED) is 0.165. The molecule has 1 aliphatic carbocycles. The van der Waals surface area contributed by atoms with Crippen molar-refractivity contribution in [2.45, 2.75) is 12.0 Å². The Balaban J connectivity index is 1.40. The maximum absolute atomic E-state index is 2.66. The number of nitrogens with zero attached hydrogens (tertiary/aromatic N) is 1. The zero-order valence-corrected chi connectivity index (χ0v) is 28.4. The molecule has 8 aromatic rings. The number of anilines is 2. The van der Waals surface area contributed by atoms with Crippen molar-refractivity contribution in [1.29, 1.82) is 0 Å². The molecule has 0 fully saturated rings. The lowest BCUT2D eigenvalue weighted by molar-refractivity contribution is 0.569. The number of hydrogen-bond donors (Lipinski definition) is 0. The molecule has 0 saturated heterocycles. The number of allylic oxidation sites excluding steroid dienone is 2. The monoisotopic (exact) mass is 657 g/mol. The van der Waals surface area contributed by atoms with Crippen molar-refractivity contribution in [2.24, 2.45) is 0 Å². The topological polar surface area (TPSA) is 3.24 Å². The summed E-state index contributed by atoms with van der Waals surface area (Å²) >= 11 is 1.87. The summed E-state index contributed by atoms with van der Waals surface area (Å²) in [6.45, 7) is 0. The molecule has 0 radical (unpaired) electrons. The van der Waals surface area contributed by atoms with Gasteiger partial charge in [0.05, 0.1) is 5.69 Å². The molecule has 1 heterocycles. The van der Waals surface area contributed by atoms with Crippen LogP contribution in [-0.2, 0) is 5.54 Å². The van der Waals surface area contributed by atoms with Gasteiger partial charge in [0.15, 0.2) is 0 Å². The highest BCUT2D eigenvalue weighted by molar-refractivity contribution is 7.26. The predicted molar refractivity (Wildman–Crippen MR) is 215 cm³/mol. The molecule has 0 spiro atoms. The third-order valence-corrected chi connectivity index (χ3v) is 11.2. The van der Waals surface area contributed by atoms with E-state index in [1.54, 1.807) is 0 Å². The maximum Gasteiger partial charge on any atom is 0.100 e. The molecule has 0 N–H and O–H groups in total. The van der Waals surface area contributed by atoms with Gasteiger partial charge in [-0.25, -0.2) is 0 Å². The standard InChI is InChI=1S/C48H35NS/c1-4-17-35(18-5-1)36-30-32-39(33-31-36)49(44-27-16-29-46-47(44)41-24-11-13-28-45(41)50-46)48(34-15-14-25-42(48)38-21-8-3-9-22-38)43-26-12-10-23-40(43)37-19-6-2-7-20-37/h1-33H,34H2. The molecule has 1 unspecified atom stereocenters. The summed E-state index contributed by atoms with van der Waals surface area (Å²) in [4.78, 5) is 2.66. The van der Waals surface area contributed by atoms with E-state index in [0.29, 0.717) is 0 Å². The third kappa shape index (κ3) is 5.08. The van der Waals surface area contributed by atoms with E-state index in [9.17, 15) is 0 Å². The SMILES string of the molecule is C1=CCC(c2ccccc2-c2ccccc2)(N(c2ccc(-c3ccccc3)cc2)c2cccc3sc4ccccc4c23)C(c2ccccc2)=C1. The van der Waals surface area contributed by atoms with Crippen LogP contribution in [0.3, 0.4) is 0 Å². The molecule has 0 saturated carbocycles. The number of benzene rings is 7. The zero-order chi connectivity index (χ0) is 33.3. The Morgan fingerprint density at radius 2 is 1.08 bits per heavy atom. The molecular formula is C48H35NS. The predicted octanol–water partition coefficient (Wildman–Crippen LogP) is 13.5. The van der Waals surface area contributed by atoms with Crippen LogP contribution < -0.4 is 4.90 Å². The van der Waals surface area contributed by atoms with Gasteiger partial charge in [-0.2, -0.15) is 0 Å². The molecule has 0 aliphatic heterocycles. The second kappa shape index (κ2) is 12.8. The maximum atomic E-state index is 2.66. The first-order valence-electron chi connectivity index (χ1n) is 17.2. The lowest BCUT2D eigenvalue weighted by atomic mass is 9.70. The minimum Gasteiger partial charge on any atom is -0.326 e. The fourth-order valence-corrected chi connectivity index (χ4v) is 8.97. The second-order valence-electron chi connectivity index (χ2n) is 12.8. The molecule has 238 valence electrons. The summed E-state index contributed by atoms with van der Waals surface area (Å²) < 4.78 is 2.59. The molecule has 50 heavy (non-hydrogen) atoms. The first-order valence-corrected chi connectivity index (χ1v) is 18.1. The Labute approximate surface area is 297 Å². The molecule has 2 heteroatoms. The summed E-state index contributed by atoms with van der Waals surface area (Å²) in [6, 6.07) is 66.5. The summed E-state index contributed by atoms with van der Waals surface area (Å²) in [6.07, 6.45) is 7.72. The fraction of sp³-hybridized carbons (Fsp3) is 0.0417. The van der Waals surface area contributed by atoms with E-state index in [1.807, 2.05) is 11.3 Å². The lowest BCUT2D eigenvalue weighted by Crippen LogP contribution is -2.45. The Morgan fingerprint density at radius 3 is 1.84 bits per heavy atom. The van der Waals surface area contributed by atoms with E-state index < -0.39 is 5.54 Å². The van der Waals surface area contributed by atoms with Gasteiger partial charge >= 0.3 is 0 Å². The Morgan fingerprint density at radius 1 is 0.480 bits per heavy atom. The van der Waals surface area contributed by atoms with E-state index in [1.165, 1.54) is 64.8 Å². The highest BCUT2D eigenvalue weighted by Gasteiger charge is 2.46. The van der Waals surface area contributed by atoms with Crippen LogP contribution in [0.25, 0.3) is 48.0 Å². The molecule has 1 nitrogen and oxygen atoms in total. The van der Waals surface area contributed by atoms with Crippen molar-refractivity contribution in [3.05, 3.63) is 211 Å². The first kappa shape index (κ1) is 30.1. The van der Waals surface area contributed by atoms with Crippen LogP contribution in [0.1, 0.15) is 17.5 Å². The third-order valence-electron chi connectivity index (χ3n) is 10.0. The molecule has 7 aromatic carbocycles. The van der Waals surface area contributed by atoms with Crippen molar-refractivity contribution in [3.8, 4) is 22.3 Å². The van der Waals surface area contributed by atoms with Crippen molar-refractivity contribution >= 4 is 48.5 Å². The van der Waals surface area contributed by atoms with E-state index in [0.717, 1.165) is 12.1 Å². The molecule has 1 aromatic heterocycles. The average Bonchev–Trinajstić information content (AvgIpc) is 3.59. The van der Waals surface area contributed by atoms with Gasteiger partial charge in [0.2, 0.25) is 0 Å². The summed E-state index contributed by atoms with van der Waals surface area (Å²) in [5.41, 5.74) is 10.4. The second-order valence-corrected chi connectivity index (χ2v) is 13.9. The van der Waals surface area contributed by atoms with Crippen LogP contribution in [-0.4, -0.2) is 0 Å². The Hall–Kier alpha value is -5.96. The lowest BCUT2D eigenvalue weighted by Gasteiger charge is -2.49.